The van der Waals surface area contributed by atoms with Crippen molar-refractivity contribution in [2.75, 3.05) is 35.3 Å². The molecule has 1 aromatic rings. The molecule has 0 aromatic heterocycles. The number of anilines is 2. The van der Waals surface area contributed by atoms with Gasteiger partial charge in [-0.1, -0.05) is 0 Å². The van der Waals surface area contributed by atoms with Crippen LogP contribution in [0.2, 0.25) is 0 Å². The third kappa shape index (κ3) is 3.74. The van der Waals surface area contributed by atoms with E-state index in [2.05, 4.69) is 5.32 Å². The molecule has 1 aromatic carbocycles. The fourth-order valence-corrected chi connectivity index (χ4v) is 4.38. The number of nitrogens with two attached hydrogens (primary N) is 2. The summed E-state index contributed by atoms with van der Waals surface area (Å²) in [5.41, 5.74) is 12.9. The van der Waals surface area contributed by atoms with Crippen LogP contribution in [0.5, 0.6) is 0 Å². The van der Waals surface area contributed by atoms with Gasteiger partial charge in [0.25, 0.3) is 5.91 Å². The number of nitrogen functional groups attached to an aromatic ring is 2. The topological polar surface area (TPSA) is 81.1 Å². The quantitative estimate of drug-likeness (QED) is 0.731. The molecule has 18 heavy (non-hydrogen) atoms. The molecule has 0 spiro atoms. The Morgan fingerprint density at radius 3 is 2.61 bits per heavy atom. The maximum absolute atomic E-state index is 12.0. The Hall–Kier alpha value is -1.01. The Morgan fingerprint density at radius 1 is 1.28 bits per heavy atom. The first-order chi connectivity index (χ1) is 8.65. The summed E-state index contributed by atoms with van der Waals surface area (Å²) in [5.74, 6) is 3.37. The molecular formula is C12H17N3OS2. The van der Waals surface area contributed by atoms with Crippen LogP contribution in [0.25, 0.3) is 0 Å². The highest BCUT2D eigenvalue weighted by atomic mass is 32.2. The molecule has 1 aliphatic heterocycles. The minimum Gasteiger partial charge on any atom is -0.399 e. The van der Waals surface area contributed by atoms with Crippen molar-refractivity contribution in [2.24, 2.45) is 0 Å². The van der Waals surface area contributed by atoms with Gasteiger partial charge < -0.3 is 16.8 Å². The average molecular weight is 283 g/mol. The second-order valence-corrected chi connectivity index (χ2v) is 6.72. The van der Waals surface area contributed by atoms with E-state index in [0.29, 0.717) is 28.7 Å². The zero-order chi connectivity index (χ0) is 13.0. The van der Waals surface area contributed by atoms with Crippen LogP contribution in [0.3, 0.4) is 0 Å². The average Bonchev–Trinajstić information content (AvgIpc) is 2.36. The van der Waals surface area contributed by atoms with Crippen molar-refractivity contribution >= 4 is 40.8 Å². The number of hydrogen-bond acceptors (Lipinski definition) is 5. The SMILES string of the molecule is Nc1cc(N)cc(C(=O)NCC2CSCCS2)c1. The number of carbonyl (C=O) groups is 1. The van der Waals surface area contributed by atoms with Gasteiger partial charge in [0.1, 0.15) is 0 Å². The highest BCUT2D eigenvalue weighted by Gasteiger charge is 2.15. The van der Waals surface area contributed by atoms with E-state index >= 15 is 0 Å². The minimum absolute atomic E-state index is 0.106. The molecule has 0 radical (unpaired) electrons. The summed E-state index contributed by atoms with van der Waals surface area (Å²) in [6.45, 7) is 0.700. The summed E-state index contributed by atoms with van der Waals surface area (Å²) < 4.78 is 0. The first-order valence-corrected chi connectivity index (χ1v) is 7.99. The first kappa shape index (κ1) is 13.4. The lowest BCUT2D eigenvalue weighted by atomic mass is 10.1. The number of carbonyl (C=O) groups excluding carboxylic acids is 1. The van der Waals surface area contributed by atoms with E-state index < -0.39 is 0 Å². The molecule has 1 fully saturated rings. The molecule has 0 saturated carbocycles. The van der Waals surface area contributed by atoms with Gasteiger partial charge in [0, 0.05) is 46.0 Å². The van der Waals surface area contributed by atoms with Gasteiger partial charge in [-0.25, -0.2) is 0 Å². The largest absolute Gasteiger partial charge is 0.399 e. The zero-order valence-corrected chi connectivity index (χ0v) is 11.7. The van der Waals surface area contributed by atoms with E-state index in [-0.39, 0.29) is 5.91 Å². The molecule has 4 nitrogen and oxygen atoms in total. The van der Waals surface area contributed by atoms with Gasteiger partial charge in [-0.15, -0.1) is 0 Å². The number of rotatable bonds is 3. The van der Waals surface area contributed by atoms with E-state index in [9.17, 15) is 4.79 Å². The second-order valence-electron chi connectivity index (χ2n) is 4.17. The number of hydrogen-bond donors (Lipinski definition) is 3. The molecule has 1 atom stereocenters. The lowest BCUT2D eigenvalue weighted by Crippen LogP contribution is -2.33. The molecule has 1 amide bonds. The number of thioether (sulfide) groups is 2. The lowest BCUT2D eigenvalue weighted by molar-refractivity contribution is 0.0954. The van der Waals surface area contributed by atoms with Crippen molar-refractivity contribution in [1.82, 2.24) is 5.32 Å². The van der Waals surface area contributed by atoms with Crippen LogP contribution in [-0.4, -0.2) is 35.0 Å². The van der Waals surface area contributed by atoms with E-state index in [1.54, 1.807) is 18.2 Å². The van der Waals surface area contributed by atoms with Crippen molar-refractivity contribution in [3.63, 3.8) is 0 Å². The predicted molar refractivity (Wildman–Crippen MR) is 81.2 cm³/mol. The van der Waals surface area contributed by atoms with Gasteiger partial charge >= 0.3 is 0 Å². The maximum Gasteiger partial charge on any atom is 0.251 e. The van der Waals surface area contributed by atoms with Crippen molar-refractivity contribution < 1.29 is 4.79 Å². The van der Waals surface area contributed by atoms with Crippen LogP contribution in [-0.2, 0) is 0 Å². The third-order valence-electron chi connectivity index (χ3n) is 2.62. The smallest absolute Gasteiger partial charge is 0.251 e. The van der Waals surface area contributed by atoms with E-state index in [1.165, 1.54) is 5.75 Å². The second kappa shape index (κ2) is 6.24. The summed E-state index contributed by atoms with van der Waals surface area (Å²) in [4.78, 5) is 12.0. The van der Waals surface area contributed by atoms with E-state index in [1.807, 2.05) is 23.5 Å². The van der Waals surface area contributed by atoms with Gasteiger partial charge in [-0.05, 0) is 18.2 Å². The minimum atomic E-state index is -0.106. The Labute approximate surface area is 115 Å². The van der Waals surface area contributed by atoms with Crippen LogP contribution < -0.4 is 16.8 Å². The summed E-state index contributed by atoms with van der Waals surface area (Å²) in [7, 11) is 0. The number of nitrogens with one attached hydrogen (secondary N) is 1. The van der Waals surface area contributed by atoms with Crippen LogP contribution in [0.4, 0.5) is 11.4 Å². The van der Waals surface area contributed by atoms with Crippen LogP contribution in [0, 0.1) is 0 Å². The Bertz CT molecular complexity index is 413. The highest BCUT2D eigenvalue weighted by molar-refractivity contribution is 8.06. The lowest BCUT2D eigenvalue weighted by Gasteiger charge is -2.21. The molecule has 1 unspecified atom stereocenters. The Morgan fingerprint density at radius 2 is 2.00 bits per heavy atom. The standard InChI is InChI=1S/C12H17N3OS2/c13-9-3-8(4-10(14)5-9)12(16)15-6-11-7-17-1-2-18-11/h3-5,11H,1-2,6-7,13-14H2,(H,15,16). The zero-order valence-electron chi connectivity index (χ0n) is 10.0. The molecule has 2 rings (SSSR count). The van der Waals surface area contributed by atoms with Crippen LogP contribution in [0.1, 0.15) is 10.4 Å². The van der Waals surface area contributed by atoms with Gasteiger partial charge in [0.2, 0.25) is 0 Å². The fraction of sp³-hybridized carbons (Fsp3) is 0.417. The molecule has 98 valence electrons. The molecule has 1 saturated heterocycles. The monoisotopic (exact) mass is 283 g/mol. The van der Waals surface area contributed by atoms with Crippen molar-refractivity contribution in [1.29, 1.82) is 0 Å². The third-order valence-corrected chi connectivity index (χ3v) is 5.46. The highest BCUT2D eigenvalue weighted by Crippen LogP contribution is 2.23. The van der Waals surface area contributed by atoms with E-state index in [4.69, 9.17) is 11.5 Å². The summed E-state index contributed by atoms with van der Waals surface area (Å²) in [5, 5.41) is 3.44. The first-order valence-electron chi connectivity index (χ1n) is 5.79. The van der Waals surface area contributed by atoms with Crippen LogP contribution in [0.15, 0.2) is 18.2 Å². The normalized spacial score (nSPS) is 19.4. The van der Waals surface area contributed by atoms with Crippen LogP contribution >= 0.6 is 23.5 Å². The van der Waals surface area contributed by atoms with Gasteiger partial charge in [0.05, 0.1) is 0 Å². The molecule has 1 heterocycles. The predicted octanol–water partition coefficient (Wildman–Crippen LogP) is 1.43. The van der Waals surface area contributed by atoms with E-state index in [0.717, 1.165) is 11.5 Å². The van der Waals surface area contributed by atoms with Crippen molar-refractivity contribution in [3.8, 4) is 0 Å². The van der Waals surface area contributed by atoms with Crippen molar-refractivity contribution in [3.05, 3.63) is 23.8 Å². The molecule has 5 N–H and O–H groups in total. The molecule has 0 aliphatic carbocycles. The molecule has 6 heteroatoms. The van der Waals surface area contributed by atoms with Gasteiger partial charge in [-0.2, -0.15) is 23.5 Å². The number of benzene rings is 1. The number of amides is 1. The Balaban J connectivity index is 1.90. The summed E-state index contributed by atoms with van der Waals surface area (Å²) in [6, 6.07) is 4.94. The summed E-state index contributed by atoms with van der Waals surface area (Å²) >= 11 is 3.86. The van der Waals surface area contributed by atoms with Gasteiger partial charge in [-0.3, -0.25) is 4.79 Å². The molecular weight excluding hydrogens is 266 g/mol. The van der Waals surface area contributed by atoms with Crippen molar-refractivity contribution in [2.45, 2.75) is 5.25 Å². The molecule has 1 aliphatic rings. The Kier molecular flexibility index (Phi) is 4.66. The maximum atomic E-state index is 12.0. The fourth-order valence-electron chi connectivity index (χ4n) is 1.77. The summed E-state index contributed by atoms with van der Waals surface area (Å²) in [6.07, 6.45) is 0. The molecule has 0 bridgehead atoms. The van der Waals surface area contributed by atoms with Gasteiger partial charge in [0.15, 0.2) is 0 Å².